The molecular formula is C54H103NO5. The topological polar surface area (TPSA) is 95.9 Å². The molecule has 354 valence electrons. The Labute approximate surface area is 373 Å². The van der Waals surface area contributed by atoms with Crippen LogP contribution < -0.4 is 5.32 Å². The minimum atomic E-state index is -0.783. The maximum absolute atomic E-state index is 13.2. The van der Waals surface area contributed by atoms with Crippen molar-refractivity contribution in [1.82, 2.24) is 5.32 Å². The normalized spacial score (nSPS) is 13.3. The van der Waals surface area contributed by atoms with Crippen LogP contribution >= 0.6 is 0 Å². The number of esters is 1. The third-order valence-electron chi connectivity index (χ3n) is 12.3. The van der Waals surface area contributed by atoms with E-state index >= 15 is 0 Å². The van der Waals surface area contributed by atoms with Crippen LogP contribution in [-0.2, 0) is 14.3 Å². The second-order valence-electron chi connectivity index (χ2n) is 18.3. The third kappa shape index (κ3) is 43.0. The van der Waals surface area contributed by atoms with Crippen molar-refractivity contribution in [2.24, 2.45) is 0 Å². The van der Waals surface area contributed by atoms with E-state index in [1.54, 1.807) is 0 Å². The molecule has 0 saturated heterocycles. The van der Waals surface area contributed by atoms with E-state index in [4.69, 9.17) is 4.74 Å². The highest BCUT2D eigenvalue weighted by Crippen LogP contribution is 2.19. The van der Waals surface area contributed by atoms with Crippen LogP contribution in [0.2, 0.25) is 0 Å². The zero-order chi connectivity index (χ0) is 43.8. The highest BCUT2D eigenvalue weighted by molar-refractivity contribution is 5.77. The lowest BCUT2D eigenvalue weighted by Gasteiger charge is -2.24. The SMILES string of the molecule is CC/C=C/C/C=C/CCCCCCCCCC(=O)OC(CCCCCCCCCCCCCCCCCCC)CC(=O)NC(CO)C(O)CCCCCCCCCCCC. The third-order valence-corrected chi connectivity index (χ3v) is 12.3. The first-order chi connectivity index (χ1) is 29.5. The molecule has 0 aromatic heterocycles. The minimum Gasteiger partial charge on any atom is -0.462 e. The number of carbonyl (C=O) groups excluding carboxylic acids is 2. The fraction of sp³-hybridized carbons (Fsp3) is 0.889. The molecule has 1 amide bonds. The molecule has 0 heterocycles. The van der Waals surface area contributed by atoms with Gasteiger partial charge in [-0.1, -0.05) is 244 Å². The van der Waals surface area contributed by atoms with Gasteiger partial charge in [-0.2, -0.15) is 0 Å². The first-order valence-corrected chi connectivity index (χ1v) is 26.6. The summed E-state index contributed by atoms with van der Waals surface area (Å²) in [5, 5.41) is 23.7. The minimum absolute atomic E-state index is 0.0801. The van der Waals surface area contributed by atoms with Crippen LogP contribution in [0, 0.1) is 0 Å². The van der Waals surface area contributed by atoms with Gasteiger partial charge in [0, 0.05) is 6.42 Å². The molecule has 0 aliphatic carbocycles. The lowest BCUT2D eigenvalue weighted by atomic mass is 10.0. The Hall–Kier alpha value is -1.66. The van der Waals surface area contributed by atoms with Crippen molar-refractivity contribution >= 4 is 11.9 Å². The second-order valence-corrected chi connectivity index (χ2v) is 18.3. The Bertz CT molecular complexity index is 950. The van der Waals surface area contributed by atoms with Crippen LogP contribution in [0.3, 0.4) is 0 Å². The summed E-state index contributed by atoms with van der Waals surface area (Å²) < 4.78 is 5.94. The molecule has 0 spiro atoms. The van der Waals surface area contributed by atoms with Gasteiger partial charge in [0.25, 0.3) is 0 Å². The molecule has 6 nitrogen and oxygen atoms in total. The Morgan fingerprint density at radius 1 is 0.500 bits per heavy atom. The molecule has 0 aromatic carbocycles. The number of allylic oxidation sites excluding steroid dienone is 4. The molecule has 3 atom stereocenters. The molecular weight excluding hydrogens is 743 g/mol. The lowest BCUT2D eigenvalue weighted by molar-refractivity contribution is -0.151. The molecule has 3 unspecified atom stereocenters. The Morgan fingerprint density at radius 3 is 1.35 bits per heavy atom. The molecule has 0 aromatic rings. The fourth-order valence-electron chi connectivity index (χ4n) is 8.29. The molecule has 0 saturated carbocycles. The predicted molar refractivity (Wildman–Crippen MR) is 260 cm³/mol. The number of amides is 1. The molecule has 0 bridgehead atoms. The standard InChI is InChI=1S/C54H103NO5/c1-4-7-10-13-16-19-22-24-26-27-28-29-31-33-36-39-42-45-50(60-54(59)47-44-41-38-35-32-30-25-23-20-17-14-11-8-5-2)48-53(58)55-51(49-56)52(57)46-43-40-37-34-21-18-15-12-9-6-3/h8,11,17,20,50-52,56-57H,4-7,9-10,12-16,18-19,21-49H2,1-3H3,(H,55,58)/b11-8+,20-17+. The van der Waals surface area contributed by atoms with Crippen molar-refractivity contribution in [2.45, 2.75) is 302 Å². The van der Waals surface area contributed by atoms with E-state index in [9.17, 15) is 19.8 Å². The Morgan fingerprint density at radius 2 is 0.900 bits per heavy atom. The molecule has 0 rings (SSSR count). The van der Waals surface area contributed by atoms with Crippen molar-refractivity contribution in [3.05, 3.63) is 24.3 Å². The number of aliphatic hydroxyl groups is 2. The number of rotatable bonds is 48. The molecule has 3 N–H and O–H groups in total. The Balaban J connectivity index is 4.54. The van der Waals surface area contributed by atoms with Gasteiger partial charge in [-0.05, 0) is 51.4 Å². The summed E-state index contributed by atoms with van der Waals surface area (Å²) >= 11 is 0. The maximum Gasteiger partial charge on any atom is 0.306 e. The van der Waals surface area contributed by atoms with Gasteiger partial charge in [0.1, 0.15) is 6.10 Å². The molecule has 60 heavy (non-hydrogen) atoms. The number of carbonyl (C=O) groups is 2. The van der Waals surface area contributed by atoms with Crippen molar-refractivity contribution in [1.29, 1.82) is 0 Å². The zero-order valence-corrected chi connectivity index (χ0v) is 40.4. The first-order valence-electron chi connectivity index (χ1n) is 26.6. The predicted octanol–water partition coefficient (Wildman–Crippen LogP) is 15.9. The highest BCUT2D eigenvalue weighted by atomic mass is 16.5. The maximum atomic E-state index is 13.2. The van der Waals surface area contributed by atoms with Crippen molar-refractivity contribution in [3.63, 3.8) is 0 Å². The summed E-state index contributed by atoms with van der Waals surface area (Å²) in [5.41, 5.74) is 0. The summed E-state index contributed by atoms with van der Waals surface area (Å²) in [7, 11) is 0. The van der Waals surface area contributed by atoms with Gasteiger partial charge < -0.3 is 20.3 Å². The van der Waals surface area contributed by atoms with Crippen molar-refractivity contribution in [3.8, 4) is 0 Å². The van der Waals surface area contributed by atoms with E-state index in [0.717, 1.165) is 64.2 Å². The van der Waals surface area contributed by atoms with Gasteiger partial charge in [0.2, 0.25) is 5.91 Å². The molecule has 0 radical (unpaired) electrons. The van der Waals surface area contributed by atoms with Crippen LogP contribution in [-0.4, -0.2) is 46.9 Å². The number of ether oxygens (including phenoxy) is 1. The largest absolute Gasteiger partial charge is 0.462 e. The van der Waals surface area contributed by atoms with Gasteiger partial charge in [-0.15, -0.1) is 0 Å². The number of aliphatic hydroxyl groups excluding tert-OH is 2. The van der Waals surface area contributed by atoms with E-state index in [1.165, 1.54) is 173 Å². The summed E-state index contributed by atoms with van der Waals surface area (Å²) in [6, 6.07) is -0.697. The number of unbranched alkanes of at least 4 members (excludes halogenated alkanes) is 32. The van der Waals surface area contributed by atoms with Crippen molar-refractivity contribution in [2.75, 3.05) is 6.61 Å². The smallest absolute Gasteiger partial charge is 0.306 e. The second kappa shape index (κ2) is 48.4. The van der Waals surface area contributed by atoms with Crippen LogP contribution in [0.25, 0.3) is 0 Å². The van der Waals surface area contributed by atoms with Crippen LogP contribution in [0.1, 0.15) is 284 Å². The van der Waals surface area contributed by atoms with Crippen LogP contribution in [0.15, 0.2) is 24.3 Å². The number of nitrogens with one attached hydrogen (secondary N) is 1. The summed E-state index contributed by atoms with van der Waals surface area (Å²) in [6.45, 7) is 6.39. The number of hydrogen-bond donors (Lipinski definition) is 3. The zero-order valence-electron chi connectivity index (χ0n) is 40.4. The van der Waals surface area contributed by atoms with E-state index in [2.05, 4.69) is 50.4 Å². The summed E-state index contributed by atoms with van der Waals surface area (Å²) in [5.74, 6) is -0.468. The summed E-state index contributed by atoms with van der Waals surface area (Å²) in [4.78, 5) is 26.1. The fourth-order valence-corrected chi connectivity index (χ4v) is 8.29. The van der Waals surface area contributed by atoms with E-state index in [-0.39, 0.29) is 24.9 Å². The van der Waals surface area contributed by atoms with Crippen molar-refractivity contribution < 1.29 is 24.5 Å². The van der Waals surface area contributed by atoms with E-state index < -0.39 is 18.2 Å². The molecule has 0 aliphatic heterocycles. The van der Waals surface area contributed by atoms with E-state index in [0.29, 0.717) is 19.3 Å². The monoisotopic (exact) mass is 846 g/mol. The summed E-state index contributed by atoms with van der Waals surface area (Å²) in [6.07, 6.45) is 55.3. The average Bonchev–Trinajstić information content (AvgIpc) is 3.24. The van der Waals surface area contributed by atoms with Gasteiger partial charge in [-0.25, -0.2) is 0 Å². The molecule has 0 fully saturated rings. The van der Waals surface area contributed by atoms with Gasteiger partial charge in [0.15, 0.2) is 0 Å². The molecule has 0 aliphatic rings. The van der Waals surface area contributed by atoms with Crippen LogP contribution in [0.5, 0.6) is 0 Å². The first kappa shape index (κ1) is 58.3. The highest BCUT2D eigenvalue weighted by Gasteiger charge is 2.24. The van der Waals surface area contributed by atoms with Gasteiger partial charge in [-0.3, -0.25) is 9.59 Å². The average molecular weight is 846 g/mol. The molecule has 6 heteroatoms. The van der Waals surface area contributed by atoms with Gasteiger partial charge in [0.05, 0.1) is 25.2 Å². The van der Waals surface area contributed by atoms with Gasteiger partial charge >= 0.3 is 5.97 Å². The van der Waals surface area contributed by atoms with Crippen LogP contribution in [0.4, 0.5) is 0 Å². The number of hydrogen-bond acceptors (Lipinski definition) is 5. The Kier molecular flexibility index (Phi) is 47.0. The quantitative estimate of drug-likeness (QED) is 0.0322. The van der Waals surface area contributed by atoms with E-state index in [1.807, 2.05) is 0 Å². The lowest BCUT2D eigenvalue weighted by Crippen LogP contribution is -2.46.